The number of nitrogens with one attached hydrogen (secondary N) is 1. The Morgan fingerprint density at radius 3 is 2.04 bits per heavy atom. The van der Waals surface area contributed by atoms with E-state index in [-0.39, 0.29) is 11.9 Å². The molecular formula is C21H26N2O. The molecule has 0 spiro atoms. The second kappa shape index (κ2) is 8.11. The van der Waals surface area contributed by atoms with Gasteiger partial charge in [-0.15, -0.1) is 0 Å². The Bertz CT molecular complexity index is 600. The summed E-state index contributed by atoms with van der Waals surface area (Å²) >= 11 is 0. The average molecular weight is 322 g/mol. The van der Waals surface area contributed by atoms with E-state index >= 15 is 0 Å². The smallest absolute Gasteiger partial charge is 0.240 e. The van der Waals surface area contributed by atoms with E-state index in [1.807, 2.05) is 41.3 Å². The molecule has 3 rings (SSSR count). The minimum Gasteiger partial charge on any atom is -0.333 e. The third-order valence-corrected chi connectivity index (χ3v) is 4.71. The highest BCUT2D eigenvalue weighted by Gasteiger charge is 2.28. The summed E-state index contributed by atoms with van der Waals surface area (Å²) in [6.07, 6.45) is 2.08. The van der Waals surface area contributed by atoms with Gasteiger partial charge >= 0.3 is 0 Å². The first-order valence-corrected chi connectivity index (χ1v) is 8.82. The lowest BCUT2D eigenvalue weighted by Gasteiger charge is -2.32. The van der Waals surface area contributed by atoms with Gasteiger partial charge in [0.1, 0.15) is 0 Å². The molecule has 1 saturated heterocycles. The minimum absolute atomic E-state index is 0.0545. The first kappa shape index (κ1) is 16.7. The third-order valence-electron chi connectivity index (χ3n) is 4.71. The summed E-state index contributed by atoms with van der Waals surface area (Å²) in [7, 11) is 0. The lowest BCUT2D eigenvalue weighted by Crippen LogP contribution is -2.49. The van der Waals surface area contributed by atoms with Crippen LogP contribution in [0.3, 0.4) is 0 Å². The largest absolute Gasteiger partial charge is 0.333 e. The van der Waals surface area contributed by atoms with Crippen LogP contribution >= 0.6 is 0 Å². The zero-order valence-corrected chi connectivity index (χ0v) is 14.3. The van der Waals surface area contributed by atoms with Crippen LogP contribution in [-0.4, -0.2) is 23.4 Å². The first-order chi connectivity index (χ1) is 11.7. The van der Waals surface area contributed by atoms with E-state index in [2.05, 4.69) is 36.5 Å². The number of hydrogen-bond acceptors (Lipinski definition) is 2. The molecule has 3 nitrogen and oxygen atoms in total. The second-order valence-electron chi connectivity index (χ2n) is 6.80. The molecule has 1 aliphatic rings. The van der Waals surface area contributed by atoms with Crippen LogP contribution < -0.4 is 5.32 Å². The monoisotopic (exact) mass is 322 g/mol. The molecule has 2 aromatic carbocycles. The van der Waals surface area contributed by atoms with Crippen LogP contribution in [0.5, 0.6) is 0 Å². The predicted octanol–water partition coefficient (Wildman–Crippen LogP) is 3.60. The van der Waals surface area contributed by atoms with Gasteiger partial charge in [-0.05, 0) is 36.4 Å². The lowest BCUT2D eigenvalue weighted by molar-refractivity contribution is -0.135. The fourth-order valence-corrected chi connectivity index (χ4v) is 3.34. The van der Waals surface area contributed by atoms with Crippen molar-refractivity contribution in [1.82, 2.24) is 10.2 Å². The van der Waals surface area contributed by atoms with Gasteiger partial charge in [-0.25, -0.2) is 0 Å². The van der Waals surface area contributed by atoms with Crippen molar-refractivity contribution < 1.29 is 4.79 Å². The fourth-order valence-electron chi connectivity index (χ4n) is 3.34. The zero-order valence-electron chi connectivity index (χ0n) is 14.3. The van der Waals surface area contributed by atoms with Crippen molar-refractivity contribution in [2.75, 3.05) is 6.54 Å². The Kier molecular flexibility index (Phi) is 5.65. The maximum Gasteiger partial charge on any atom is 0.240 e. The SMILES string of the molecule is CC1CCNC(C(=O)N(Cc2ccccc2)Cc2ccccc2)C1. The maximum atomic E-state index is 13.1. The maximum absolute atomic E-state index is 13.1. The number of nitrogens with zero attached hydrogens (tertiary/aromatic N) is 1. The number of carbonyl (C=O) groups excluding carboxylic acids is 1. The average Bonchev–Trinajstić information content (AvgIpc) is 2.62. The van der Waals surface area contributed by atoms with Crippen LogP contribution in [0.2, 0.25) is 0 Å². The normalized spacial score (nSPS) is 20.5. The lowest BCUT2D eigenvalue weighted by atomic mass is 9.93. The van der Waals surface area contributed by atoms with Crippen LogP contribution in [0, 0.1) is 5.92 Å². The van der Waals surface area contributed by atoms with Gasteiger partial charge in [0.2, 0.25) is 5.91 Å². The molecule has 2 unspecified atom stereocenters. The van der Waals surface area contributed by atoms with Gasteiger partial charge in [0, 0.05) is 13.1 Å². The fraction of sp³-hybridized carbons (Fsp3) is 0.381. The molecule has 2 aromatic rings. The molecule has 3 heteroatoms. The van der Waals surface area contributed by atoms with Crippen LogP contribution in [0.1, 0.15) is 30.9 Å². The quantitative estimate of drug-likeness (QED) is 0.912. The van der Waals surface area contributed by atoms with Crippen molar-refractivity contribution >= 4 is 5.91 Å². The van der Waals surface area contributed by atoms with Gasteiger partial charge in [-0.2, -0.15) is 0 Å². The van der Waals surface area contributed by atoms with E-state index in [4.69, 9.17) is 0 Å². The number of amides is 1. The molecule has 1 aliphatic heterocycles. The van der Waals surface area contributed by atoms with Crippen LogP contribution in [0.15, 0.2) is 60.7 Å². The standard InChI is InChI=1S/C21H26N2O/c1-17-12-13-22-20(14-17)21(24)23(15-18-8-4-2-5-9-18)16-19-10-6-3-7-11-19/h2-11,17,20,22H,12-16H2,1H3. The van der Waals surface area contributed by atoms with Gasteiger partial charge in [-0.1, -0.05) is 67.6 Å². The molecule has 1 N–H and O–H groups in total. The minimum atomic E-state index is -0.0545. The molecule has 0 aliphatic carbocycles. The Hall–Kier alpha value is -2.13. The van der Waals surface area contributed by atoms with Crippen LogP contribution in [-0.2, 0) is 17.9 Å². The molecule has 0 aromatic heterocycles. The van der Waals surface area contributed by atoms with E-state index < -0.39 is 0 Å². The Morgan fingerprint density at radius 1 is 1.00 bits per heavy atom. The van der Waals surface area contributed by atoms with Crippen molar-refractivity contribution in [2.45, 2.75) is 38.9 Å². The van der Waals surface area contributed by atoms with Gasteiger partial charge in [0.15, 0.2) is 0 Å². The molecule has 0 radical (unpaired) electrons. The molecule has 24 heavy (non-hydrogen) atoms. The summed E-state index contributed by atoms with van der Waals surface area (Å²) in [4.78, 5) is 15.1. The molecule has 126 valence electrons. The van der Waals surface area contributed by atoms with Crippen molar-refractivity contribution in [3.05, 3.63) is 71.8 Å². The second-order valence-corrected chi connectivity index (χ2v) is 6.80. The Labute approximate surface area is 144 Å². The third kappa shape index (κ3) is 4.45. The molecule has 1 fully saturated rings. The number of benzene rings is 2. The Morgan fingerprint density at radius 2 is 1.54 bits per heavy atom. The molecule has 0 saturated carbocycles. The molecule has 1 amide bonds. The number of carbonyl (C=O) groups is 1. The van der Waals surface area contributed by atoms with Crippen molar-refractivity contribution in [3.63, 3.8) is 0 Å². The predicted molar refractivity (Wildman–Crippen MR) is 97.3 cm³/mol. The van der Waals surface area contributed by atoms with Crippen molar-refractivity contribution in [2.24, 2.45) is 5.92 Å². The number of rotatable bonds is 5. The number of piperidine rings is 1. The summed E-state index contributed by atoms with van der Waals surface area (Å²) in [5.74, 6) is 0.824. The van der Waals surface area contributed by atoms with E-state index in [1.54, 1.807) is 0 Å². The highest BCUT2D eigenvalue weighted by atomic mass is 16.2. The van der Waals surface area contributed by atoms with Gasteiger partial charge in [0.05, 0.1) is 6.04 Å². The van der Waals surface area contributed by atoms with E-state index in [0.29, 0.717) is 19.0 Å². The van der Waals surface area contributed by atoms with Gasteiger partial charge in [0.25, 0.3) is 0 Å². The van der Waals surface area contributed by atoms with Gasteiger partial charge < -0.3 is 10.2 Å². The Balaban J connectivity index is 1.76. The summed E-state index contributed by atoms with van der Waals surface area (Å²) in [5.41, 5.74) is 2.34. The highest BCUT2D eigenvalue weighted by Crippen LogP contribution is 2.19. The summed E-state index contributed by atoms with van der Waals surface area (Å²) in [5, 5.41) is 3.41. The molecule has 2 atom stereocenters. The molecule has 0 bridgehead atoms. The zero-order chi connectivity index (χ0) is 16.8. The topological polar surface area (TPSA) is 32.3 Å². The van der Waals surface area contributed by atoms with Crippen molar-refractivity contribution in [1.29, 1.82) is 0 Å². The van der Waals surface area contributed by atoms with Crippen LogP contribution in [0.25, 0.3) is 0 Å². The van der Waals surface area contributed by atoms with Crippen molar-refractivity contribution in [3.8, 4) is 0 Å². The van der Waals surface area contributed by atoms with Crippen LogP contribution in [0.4, 0.5) is 0 Å². The van der Waals surface area contributed by atoms with E-state index in [1.165, 1.54) is 11.1 Å². The van der Waals surface area contributed by atoms with E-state index in [9.17, 15) is 4.79 Å². The first-order valence-electron chi connectivity index (χ1n) is 8.82. The molecule has 1 heterocycles. The van der Waals surface area contributed by atoms with E-state index in [0.717, 1.165) is 19.4 Å². The summed E-state index contributed by atoms with van der Waals surface area (Å²) < 4.78 is 0. The molecular weight excluding hydrogens is 296 g/mol. The summed E-state index contributed by atoms with van der Waals surface area (Å²) in [6.45, 7) is 4.48. The number of hydrogen-bond donors (Lipinski definition) is 1. The highest BCUT2D eigenvalue weighted by molar-refractivity contribution is 5.82. The summed E-state index contributed by atoms with van der Waals surface area (Å²) in [6, 6.07) is 20.4. The van der Waals surface area contributed by atoms with Gasteiger partial charge in [-0.3, -0.25) is 4.79 Å².